The molecule has 1 saturated heterocycles. The van der Waals surface area contributed by atoms with Crippen LogP contribution in [0.1, 0.15) is 63.9 Å². The van der Waals surface area contributed by atoms with Gasteiger partial charge in [0.15, 0.2) is 5.17 Å². The molecule has 4 bridgehead atoms. The molecule has 4 aliphatic carbocycles. The number of anilines is 1. The topological polar surface area (TPSA) is 44.7 Å². The molecule has 0 spiro atoms. The van der Waals surface area contributed by atoms with Crippen LogP contribution in [0.4, 0.5) is 5.69 Å². The number of hydrogen-bond acceptors (Lipinski definition) is 3. The molecule has 4 nitrogen and oxygen atoms in total. The standard InChI is InChI=1S/C25H34ClN3OS/c1-3-6-29-20(11-23(30)27-22-5-4-16(2)7-21(22)26)15-31-24(29)28-25-12-17-8-18(13-25)10-19(9-17)14-25/h4-5,7,17-20H,3,6,8-15H2,1-2H3,(H,27,30). The van der Waals surface area contributed by atoms with Crippen molar-refractivity contribution < 1.29 is 4.79 Å². The molecule has 1 atom stereocenters. The van der Waals surface area contributed by atoms with Gasteiger partial charge in [0.1, 0.15) is 0 Å². The SMILES string of the molecule is CCCN1C(=NC23CC4CC(CC(C4)C2)C3)SCC1CC(=O)Nc1ccc(C)cc1Cl. The van der Waals surface area contributed by atoms with Gasteiger partial charge in [-0.3, -0.25) is 9.79 Å². The molecule has 1 aromatic carbocycles. The molecule has 1 aliphatic heterocycles. The summed E-state index contributed by atoms with van der Waals surface area (Å²) in [6.07, 6.45) is 9.76. The predicted octanol–water partition coefficient (Wildman–Crippen LogP) is 6.13. The Morgan fingerprint density at radius 3 is 2.52 bits per heavy atom. The Morgan fingerprint density at radius 1 is 1.23 bits per heavy atom. The highest BCUT2D eigenvalue weighted by Gasteiger charge is 2.51. The minimum Gasteiger partial charge on any atom is -0.347 e. The van der Waals surface area contributed by atoms with Crippen molar-refractivity contribution in [2.75, 3.05) is 17.6 Å². The van der Waals surface area contributed by atoms with E-state index < -0.39 is 0 Å². The quantitative estimate of drug-likeness (QED) is 0.556. The first kappa shape index (κ1) is 21.6. The second-order valence-electron chi connectivity index (χ2n) is 10.4. The number of aliphatic imine (C=N–C) groups is 1. The Kier molecular flexibility index (Phi) is 6.02. The van der Waals surface area contributed by atoms with E-state index >= 15 is 0 Å². The van der Waals surface area contributed by atoms with Crippen LogP contribution in [0.15, 0.2) is 23.2 Å². The highest BCUT2D eigenvalue weighted by molar-refractivity contribution is 8.14. The lowest BCUT2D eigenvalue weighted by molar-refractivity contribution is -0.116. The number of amides is 1. The second kappa shape index (κ2) is 8.62. The molecule has 0 aromatic heterocycles. The van der Waals surface area contributed by atoms with E-state index in [2.05, 4.69) is 17.1 Å². The number of carbonyl (C=O) groups is 1. The minimum atomic E-state index is 0.0357. The van der Waals surface area contributed by atoms with Crippen molar-refractivity contribution in [2.45, 2.75) is 76.8 Å². The number of thioether (sulfide) groups is 1. The molecule has 1 aromatic rings. The van der Waals surface area contributed by atoms with Crippen molar-refractivity contribution in [3.63, 3.8) is 0 Å². The number of hydrogen-bond donors (Lipinski definition) is 1. The van der Waals surface area contributed by atoms with Crippen LogP contribution in [-0.2, 0) is 4.79 Å². The van der Waals surface area contributed by atoms with Gasteiger partial charge in [-0.2, -0.15) is 0 Å². The fourth-order valence-corrected chi connectivity index (χ4v) is 8.41. The predicted molar refractivity (Wildman–Crippen MR) is 131 cm³/mol. The lowest BCUT2D eigenvalue weighted by Gasteiger charge is -2.55. The molecule has 1 N–H and O–H groups in total. The maximum absolute atomic E-state index is 12.8. The molecule has 31 heavy (non-hydrogen) atoms. The van der Waals surface area contributed by atoms with Crippen LogP contribution >= 0.6 is 23.4 Å². The second-order valence-corrected chi connectivity index (χ2v) is 11.8. The normalized spacial score (nSPS) is 35.2. The van der Waals surface area contributed by atoms with Gasteiger partial charge in [-0.1, -0.05) is 36.4 Å². The summed E-state index contributed by atoms with van der Waals surface area (Å²) in [4.78, 5) is 20.7. The van der Waals surface area contributed by atoms with Crippen LogP contribution in [0.25, 0.3) is 0 Å². The van der Waals surface area contributed by atoms with Gasteiger partial charge in [-0.25, -0.2) is 0 Å². The van der Waals surface area contributed by atoms with E-state index in [1.165, 1.54) is 43.7 Å². The summed E-state index contributed by atoms with van der Waals surface area (Å²) < 4.78 is 0. The van der Waals surface area contributed by atoms with Gasteiger partial charge in [0, 0.05) is 24.8 Å². The molecule has 5 fully saturated rings. The van der Waals surface area contributed by atoms with Crippen LogP contribution in [-0.4, -0.2) is 39.9 Å². The van der Waals surface area contributed by atoms with Crippen LogP contribution in [0.5, 0.6) is 0 Å². The first-order valence-electron chi connectivity index (χ1n) is 12.0. The van der Waals surface area contributed by atoms with E-state index in [0.29, 0.717) is 17.1 Å². The van der Waals surface area contributed by atoms with E-state index in [4.69, 9.17) is 16.6 Å². The first-order valence-corrected chi connectivity index (χ1v) is 13.3. The third-order valence-electron chi connectivity index (χ3n) is 7.71. The largest absolute Gasteiger partial charge is 0.347 e. The molecule has 0 radical (unpaired) electrons. The zero-order chi connectivity index (χ0) is 21.6. The lowest BCUT2D eigenvalue weighted by Crippen LogP contribution is -2.50. The summed E-state index contributed by atoms with van der Waals surface area (Å²) in [5.74, 6) is 3.70. The number of rotatable bonds is 6. The molecular formula is C25H34ClN3OS. The molecule has 168 valence electrons. The number of carbonyl (C=O) groups excluding carboxylic acids is 1. The van der Waals surface area contributed by atoms with Crippen molar-refractivity contribution in [1.29, 1.82) is 0 Å². The third-order valence-corrected chi connectivity index (χ3v) is 9.16. The van der Waals surface area contributed by atoms with Crippen LogP contribution in [0, 0.1) is 24.7 Å². The Bertz CT molecular complexity index is 850. The molecule has 4 saturated carbocycles. The Balaban J connectivity index is 1.28. The summed E-state index contributed by atoms with van der Waals surface area (Å²) in [5.41, 5.74) is 1.98. The molecule has 6 heteroatoms. The maximum Gasteiger partial charge on any atom is 0.226 e. The number of aryl methyl sites for hydroxylation is 1. The summed E-state index contributed by atoms with van der Waals surface area (Å²) >= 11 is 8.19. The number of nitrogens with zero attached hydrogens (tertiary/aromatic N) is 2. The fourth-order valence-electron chi connectivity index (χ4n) is 6.83. The summed E-state index contributed by atoms with van der Waals surface area (Å²) in [6.45, 7) is 5.19. The van der Waals surface area contributed by atoms with Crippen molar-refractivity contribution in [2.24, 2.45) is 22.7 Å². The van der Waals surface area contributed by atoms with Gasteiger partial charge in [-0.15, -0.1) is 0 Å². The lowest BCUT2D eigenvalue weighted by atomic mass is 9.53. The zero-order valence-electron chi connectivity index (χ0n) is 18.7. The molecule has 1 unspecified atom stereocenters. The highest BCUT2D eigenvalue weighted by Crippen LogP contribution is 2.57. The number of amidine groups is 1. The average Bonchev–Trinajstić information content (AvgIpc) is 3.04. The van der Waals surface area contributed by atoms with E-state index in [1.54, 1.807) is 0 Å². The van der Waals surface area contributed by atoms with Crippen molar-refractivity contribution >= 4 is 40.1 Å². The molecular weight excluding hydrogens is 426 g/mol. The van der Waals surface area contributed by atoms with E-state index in [1.807, 2.05) is 36.9 Å². The van der Waals surface area contributed by atoms with Gasteiger partial charge in [0.2, 0.25) is 5.91 Å². The number of halogens is 1. The average molecular weight is 460 g/mol. The smallest absolute Gasteiger partial charge is 0.226 e. The summed E-state index contributed by atoms with van der Waals surface area (Å²) in [7, 11) is 0. The van der Waals surface area contributed by atoms with E-state index in [9.17, 15) is 4.79 Å². The highest BCUT2D eigenvalue weighted by atomic mass is 35.5. The van der Waals surface area contributed by atoms with Gasteiger partial charge in [-0.05, 0) is 87.3 Å². The van der Waals surface area contributed by atoms with Crippen LogP contribution < -0.4 is 5.32 Å². The van der Waals surface area contributed by atoms with Crippen LogP contribution in [0.2, 0.25) is 5.02 Å². The van der Waals surface area contributed by atoms with Gasteiger partial charge >= 0.3 is 0 Å². The Labute approximate surface area is 195 Å². The van der Waals surface area contributed by atoms with E-state index in [-0.39, 0.29) is 17.5 Å². The first-order chi connectivity index (χ1) is 14.9. The third kappa shape index (κ3) is 4.50. The van der Waals surface area contributed by atoms with Gasteiger partial charge in [0.05, 0.1) is 16.2 Å². The zero-order valence-corrected chi connectivity index (χ0v) is 20.3. The van der Waals surface area contributed by atoms with Gasteiger partial charge < -0.3 is 10.2 Å². The Hall–Kier alpha value is -1.20. The molecule has 1 amide bonds. The van der Waals surface area contributed by atoms with Crippen molar-refractivity contribution in [1.82, 2.24) is 4.90 Å². The number of nitrogens with one attached hydrogen (secondary N) is 1. The van der Waals surface area contributed by atoms with Crippen molar-refractivity contribution in [3.8, 4) is 0 Å². The number of benzene rings is 1. The molecule has 6 rings (SSSR count). The monoisotopic (exact) mass is 459 g/mol. The Morgan fingerprint density at radius 2 is 1.90 bits per heavy atom. The minimum absolute atomic E-state index is 0.0357. The summed E-state index contributed by atoms with van der Waals surface area (Å²) in [5, 5.41) is 4.83. The van der Waals surface area contributed by atoms with Crippen LogP contribution in [0.3, 0.4) is 0 Å². The van der Waals surface area contributed by atoms with Crippen molar-refractivity contribution in [3.05, 3.63) is 28.8 Å². The fraction of sp³-hybridized carbons (Fsp3) is 0.680. The van der Waals surface area contributed by atoms with E-state index in [0.717, 1.165) is 42.0 Å². The summed E-state index contributed by atoms with van der Waals surface area (Å²) in [6, 6.07) is 5.97. The maximum atomic E-state index is 12.8. The molecule has 5 aliphatic rings. The van der Waals surface area contributed by atoms with Gasteiger partial charge in [0.25, 0.3) is 0 Å². The molecule has 1 heterocycles.